The van der Waals surface area contributed by atoms with E-state index in [1.54, 1.807) is 0 Å². The first-order valence-electron chi connectivity index (χ1n) is 8.31. The van der Waals surface area contributed by atoms with Gasteiger partial charge in [0, 0.05) is 19.6 Å². The Labute approximate surface area is 132 Å². The van der Waals surface area contributed by atoms with Crippen LogP contribution in [0.25, 0.3) is 0 Å². The molecule has 1 aromatic carbocycles. The SMILES string of the molecule is CCCOc1cccc(CN2C[C@@H]3CCC[C@@]3(C(=O)O)C2)c1. The number of hydrogen-bond donors (Lipinski definition) is 1. The summed E-state index contributed by atoms with van der Waals surface area (Å²) in [6, 6.07) is 8.18. The van der Waals surface area contributed by atoms with Gasteiger partial charge in [-0.1, -0.05) is 25.5 Å². The lowest BCUT2D eigenvalue weighted by Crippen LogP contribution is -2.35. The molecule has 1 N–H and O–H groups in total. The van der Waals surface area contributed by atoms with Gasteiger partial charge >= 0.3 is 5.97 Å². The predicted molar refractivity (Wildman–Crippen MR) is 84.9 cm³/mol. The fourth-order valence-electron chi connectivity index (χ4n) is 4.08. The first kappa shape index (κ1) is 15.3. The van der Waals surface area contributed by atoms with E-state index in [2.05, 4.69) is 24.0 Å². The Morgan fingerprint density at radius 1 is 1.50 bits per heavy atom. The van der Waals surface area contributed by atoms with E-state index in [1.165, 1.54) is 5.56 Å². The lowest BCUT2D eigenvalue weighted by Gasteiger charge is -2.23. The minimum atomic E-state index is -0.600. The third-order valence-electron chi connectivity index (χ3n) is 5.14. The van der Waals surface area contributed by atoms with Gasteiger partial charge in [0.2, 0.25) is 0 Å². The molecule has 0 bridgehead atoms. The zero-order chi connectivity index (χ0) is 15.6. The normalized spacial score (nSPS) is 27.8. The van der Waals surface area contributed by atoms with Gasteiger partial charge in [-0.25, -0.2) is 0 Å². The molecule has 120 valence electrons. The quantitative estimate of drug-likeness (QED) is 0.877. The highest BCUT2D eigenvalue weighted by molar-refractivity contribution is 5.76. The fraction of sp³-hybridized carbons (Fsp3) is 0.611. The number of nitrogens with zero attached hydrogens (tertiary/aromatic N) is 1. The largest absolute Gasteiger partial charge is 0.494 e. The summed E-state index contributed by atoms with van der Waals surface area (Å²) >= 11 is 0. The second-order valence-electron chi connectivity index (χ2n) is 6.72. The minimum absolute atomic E-state index is 0.324. The van der Waals surface area contributed by atoms with Crippen LogP contribution in [0.3, 0.4) is 0 Å². The number of benzene rings is 1. The second kappa shape index (κ2) is 6.29. The van der Waals surface area contributed by atoms with E-state index in [4.69, 9.17) is 4.74 Å². The molecule has 2 atom stereocenters. The van der Waals surface area contributed by atoms with Gasteiger partial charge in [0.15, 0.2) is 0 Å². The van der Waals surface area contributed by atoms with Crippen LogP contribution in [-0.2, 0) is 11.3 Å². The van der Waals surface area contributed by atoms with Crippen LogP contribution in [0.5, 0.6) is 5.75 Å². The van der Waals surface area contributed by atoms with E-state index >= 15 is 0 Å². The maximum atomic E-state index is 11.7. The number of rotatable bonds is 6. The number of hydrogen-bond acceptors (Lipinski definition) is 3. The molecule has 1 saturated carbocycles. The van der Waals surface area contributed by atoms with Gasteiger partial charge in [-0.05, 0) is 42.9 Å². The first-order chi connectivity index (χ1) is 10.6. The topological polar surface area (TPSA) is 49.8 Å². The number of likely N-dealkylation sites (tertiary alicyclic amines) is 1. The second-order valence-corrected chi connectivity index (χ2v) is 6.72. The molecule has 3 rings (SSSR count). The van der Waals surface area contributed by atoms with Crippen molar-refractivity contribution in [1.82, 2.24) is 4.90 Å². The maximum absolute atomic E-state index is 11.7. The van der Waals surface area contributed by atoms with E-state index in [0.29, 0.717) is 12.5 Å². The molecule has 4 heteroatoms. The molecule has 1 aliphatic carbocycles. The van der Waals surface area contributed by atoms with Gasteiger partial charge in [0.05, 0.1) is 12.0 Å². The van der Waals surface area contributed by atoms with Gasteiger partial charge < -0.3 is 9.84 Å². The summed E-state index contributed by atoms with van der Waals surface area (Å²) in [5.74, 6) is 0.633. The molecule has 2 aliphatic rings. The molecule has 1 aliphatic heterocycles. The highest BCUT2D eigenvalue weighted by Gasteiger charge is 2.54. The number of carbonyl (C=O) groups is 1. The van der Waals surface area contributed by atoms with Crippen molar-refractivity contribution in [2.24, 2.45) is 11.3 Å². The fourth-order valence-corrected chi connectivity index (χ4v) is 4.08. The summed E-state index contributed by atoms with van der Waals surface area (Å²) in [4.78, 5) is 14.0. The molecule has 0 aromatic heterocycles. The smallest absolute Gasteiger partial charge is 0.311 e. The van der Waals surface area contributed by atoms with Crippen LogP contribution in [0, 0.1) is 11.3 Å². The number of carboxylic acids is 1. The molecular formula is C18H25NO3. The highest BCUT2D eigenvalue weighted by Crippen LogP contribution is 2.49. The lowest BCUT2D eigenvalue weighted by atomic mass is 9.81. The van der Waals surface area contributed by atoms with E-state index in [0.717, 1.165) is 51.1 Å². The van der Waals surface area contributed by atoms with Crippen molar-refractivity contribution in [2.45, 2.75) is 39.2 Å². The summed E-state index contributed by atoms with van der Waals surface area (Å²) in [7, 11) is 0. The lowest BCUT2D eigenvalue weighted by molar-refractivity contribution is -0.149. The number of carboxylic acid groups (broad SMARTS) is 1. The molecule has 1 heterocycles. The summed E-state index contributed by atoms with van der Waals surface area (Å²) in [5.41, 5.74) is 0.713. The van der Waals surface area contributed by atoms with E-state index < -0.39 is 11.4 Å². The molecule has 2 fully saturated rings. The van der Waals surface area contributed by atoms with Crippen LogP contribution in [0.1, 0.15) is 38.2 Å². The predicted octanol–water partition coefficient (Wildman–Crippen LogP) is 3.16. The third-order valence-corrected chi connectivity index (χ3v) is 5.14. The maximum Gasteiger partial charge on any atom is 0.311 e. The zero-order valence-corrected chi connectivity index (χ0v) is 13.3. The van der Waals surface area contributed by atoms with E-state index in [1.807, 2.05) is 12.1 Å². The van der Waals surface area contributed by atoms with E-state index in [9.17, 15) is 9.90 Å². The van der Waals surface area contributed by atoms with Gasteiger partial charge in [0.25, 0.3) is 0 Å². The molecule has 0 unspecified atom stereocenters. The average Bonchev–Trinajstić information content (AvgIpc) is 3.03. The number of ether oxygens (including phenoxy) is 1. The third kappa shape index (κ3) is 2.84. The van der Waals surface area contributed by atoms with Gasteiger partial charge in [-0.3, -0.25) is 9.69 Å². The van der Waals surface area contributed by atoms with Crippen LogP contribution >= 0.6 is 0 Å². The Bertz CT molecular complexity index is 545. The standard InChI is InChI=1S/C18H25NO3/c1-2-9-22-16-7-3-5-14(10-16)11-19-12-15-6-4-8-18(15,13-19)17(20)21/h3,5,7,10,15H,2,4,6,8-9,11-13H2,1H3,(H,20,21)/t15-,18+/m0/s1. The van der Waals surface area contributed by atoms with Crippen LogP contribution in [0.4, 0.5) is 0 Å². The van der Waals surface area contributed by atoms with Gasteiger partial charge in [-0.15, -0.1) is 0 Å². The van der Waals surface area contributed by atoms with E-state index in [-0.39, 0.29) is 0 Å². The molecule has 0 amide bonds. The summed E-state index contributed by atoms with van der Waals surface area (Å²) < 4.78 is 5.68. The summed E-state index contributed by atoms with van der Waals surface area (Å²) in [6.07, 6.45) is 3.95. The number of aliphatic carboxylic acids is 1. The Kier molecular flexibility index (Phi) is 4.39. The molecule has 0 spiro atoms. The Morgan fingerprint density at radius 3 is 3.09 bits per heavy atom. The van der Waals surface area contributed by atoms with Crippen molar-refractivity contribution in [3.63, 3.8) is 0 Å². The first-order valence-corrected chi connectivity index (χ1v) is 8.31. The van der Waals surface area contributed by atoms with Crippen molar-refractivity contribution in [3.8, 4) is 5.75 Å². The minimum Gasteiger partial charge on any atom is -0.494 e. The van der Waals surface area contributed by atoms with Gasteiger partial charge in [-0.2, -0.15) is 0 Å². The van der Waals surface area contributed by atoms with Crippen molar-refractivity contribution in [1.29, 1.82) is 0 Å². The van der Waals surface area contributed by atoms with Crippen LogP contribution in [0.2, 0.25) is 0 Å². The summed E-state index contributed by atoms with van der Waals surface area (Å²) in [6.45, 7) is 5.24. The molecule has 1 aromatic rings. The molecule has 1 saturated heterocycles. The zero-order valence-electron chi connectivity index (χ0n) is 13.3. The highest BCUT2D eigenvalue weighted by atomic mass is 16.5. The Morgan fingerprint density at radius 2 is 2.36 bits per heavy atom. The monoisotopic (exact) mass is 303 g/mol. The van der Waals surface area contributed by atoms with Crippen molar-refractivity contribution >= 4 is 5.97 Å². The molecule has 4 nitrogen and oxygen atoms in total. The summed E-state index contributed by atoms with van der Waals surface area (Å²) in [5, 5.41) is 9.65. The van der Waals surface area contributed by atoms with Crippen molar-refractivity contribution in [3.05, 3.63) is 29.8 Å². The van der Waals surface area contributed by atoms with Crippen LogP contribution in [-0.4, -0.2) is 35.7 Å². The van der Waals surface area contributed by atoms with Crippen molar-refractivity contribution < 1.29 is 14.6 Å². The Hall–Kier alpha value is -1.55. The van der Waals surface area contributed by atoms with Crippen LogP contribution < -0.4 is 4.74 Å². The molecular weight excluding hydrogens is 278 g/mol. The van der Waals surface area contributed by atoms with Gasteiger partial charge in [0.1, 0.15) is 5.75 Å². The molecule has 22 heavy (non-hydrogen) atoms. The van der Waals surface area contributed by atoms with Crippen molar-refractivity contribution in [2.75, 3.05) is 19.7 Å². The number of fused-ring (bicyclic) bond motifs is 1. The molecule has 0 radical (unpaired) electrons. The average molecular weight is 303 g/mol. The van der Waals surface area contributed by atoms with Crippen LogP contribution in [0.15, 0.2) is 24.3 Å². The Balaban J connectivity index is 1.66.